The Bertz CT molecular complexity index is 1280. The van der Waals surface area contributed by atoms with Crippen LogP contribution in [0.1, 0.15) is 31.2 Å². The molecule has 5 rings (SSSR count). The van der Waals surface area contributed by atoms with E-state index in [0.717, 1.165) is 30.5 Å². The number of ether oxygens (including phenoxy) is 1. The number of nitrogens with zero attached hydrogens (tertiary/aromatic N) is 1. The Morgan fingerprint density at radius 1 is 0.886 bits per heavy atom. The molecule has 0 unspecified atom stereocenters. The number of para-hydroxylation sites is 1. The maximum absolute atomic E-state index is 13.2. The number of benzene rings is 3. The van der Waals surface area contributed by atoms with Gasteiger partial charge in [0.2, 0.25) is 0 Å². The topological polar surface area (TPSA) is 58.6 Å². The molecule has 3 aromatic carbocycles. The van der Waals surface area contributed by atoms with Gasteiger partial charge in [0.1, 0.15) is 11.5 Å². The van der Waals surface area contributed by atoms with Crippen molar-refractivity contribution in [1.29, 1.82) is 0 Å². The van der Waals surface area contributed by atoms with Gasteiger partial charge in [0.15, 0.2) is 0 Å². The molecule has 0 heterocycles. The predicted molar refractivity (Wildman–Crippen MR) is 141 cm³/mol. The summed E-state index contributed by atoms with van der Waals surface area (Å²) in [5.74, 6) is 2.54. The van der Waals surface area contributed by atoms with E-state index in [4.69, 9.17) is 27.9 Å². The van der Waals surface area contributed by atoms with Crippen molar-refractivity contribution < 1.29 is 13.2 Å². The minimum atomic E-state index is -3.80. The van der Waals surface area contributed by atoms with Crippen molar-refractivity contribution in [2.45, 2.75) is 37.1 Å². The van der Waals surface area contributed by atoms with E-state index in [0.29, 0.717) is 33.8 Å². The van der Waals surface area contributed by atoms with Crippen molar-refractivity contribution >= 4 is 38.9 Å². The van der Waals surface area contributed by atoms with Gasteiger partial charge < -0.3 is 4.74 Å². The molecule has 1 N–H and O–H groups in total. The first-order chi connectivity index (χ1) is 16.9. The highest BCUT2D eigenvalue weighted by atomic mass is 35.5. The van der Waals surface area contributed by atoms with Gasteiger partial charge in [-0.1, -0.05) is 35.3 Å². The van der Waals surface area contributed by atoms with Gasteiger partial charge in [0.05, 0.1) is 15.6 Å². The fourth-order valence-electron chi connectivity index (χ4n) is 4.11. The van der Waals surface area contributed by atoms with Gasteiger partial charge in [-0.15, -0.1) is 0 Å². The molecule has 0 aromatic heterocycles. The van der Waals surface area contributed by atoms with Crippen LogP contribution in [0.3, 0.4) is 0 Å². The highest BCUT2D eigenvalue weighted by Gasteiger charge is 2.29. The lowest BCUT2D eigenvalue weighted by molar-refractivity contribution is 0.244. The van der Waals surface area contributed by atoms with Gasteiger partial charge >= 0.3 is 0 Å². The Kier molecular flexibility index (Phi) is 7.26. The van der Waals surface area contributed by atoms with Crippen molar-refractivity contribution in [3.8, 4) is 11.5 Å². The SMILES string of the molecule is O=S(=O)(Nc1ccc(Cl)cc1CN(CC1CC1)CC1CC1)c1ccc(Oc2ccccc2Cl)cc1. The van der Waals surface area contributed by atoms with Crippen LogP contribution >= 0.6 is 23.2 Å². The predicted octanol–water partition coefficient (Wildman–Crippen LogP) is 7.21. The van der Waals surface area contributed by atoms with Crippen molar-refractivity contribution in [2.24, 2.45) is 11.8 Å². The van der Waals surface area contributed by atoms with Crippen LogP contribution in [-0.4, -0.2) is 26.4 Å². The minimum Gasteiger partial charge on any atom is -0.456 e. The van der Waals surface area contributed by atoms with Gasteiger partial charge in [-0.3, -0.25) is 9.62 Å². The van der Waals surface area contributed by atoms with E-state index in [1.807, 2.05) is 18.2 Å². The Labute approximate surface area is 217 Å². The number of hydrogen-bond donors (Lipinski definition) is 1. The zero-order valence-electron chi connectivity index (χ0n) is 19.3. The van der Waals surface area contributed by atoms with E-state index < -0.39 is 10.0 Å². The van der Waals surface area contributed by atoms with Crippen LogP contribution in [0.5, 0.6) is 11.5 Å². The van der Waals surface area contributed by atoms with Crippen LogP contribution in [-0.2, 0) is 16.6 Å². The Hall–Kier alpha value is -2.25. The van der Waals surface area contributed by atoms with E-state index in [1.54, 1.807) is 36.4 Å². The Balaban J connectivity index is 1.31. The van der Waals surface area contributed by atoms with E-state index in [9.17, 15) is 8.42 Å². The van der Waals surface area contributed by atoms with Gasteiger partial charge in [-0.2, -0.15) is 0 Å². The van der Waals surface area contributed by atoms with Crippen LogP contribution < -0.4 is 9.46 Å². The second kappa shape index (κ2) is 10.4. The van der Waals surface area contributed by atoms with Crippen LogP contribution in [0.15, 0.2) is 71.6 Å². The molecule has 0 atom stereocenters. The number of nitrogens with one attached hydrogen (secondary N) is 1. The summed E-state index contributed by atoms with van der Waals surface area (Å²) in [7, 11) is -3.80. The molecule has 2 fully saturated rings. The first-order valence-electron chi connectivity index (χ1n) is 11.9. The van der Waals surface area contributed by atoms with Crippen molar-refractivity contribution in [3.05, 3.63) is 82.3 Å². The second-order valence-electron chi connectivity index (χ2n) is 9.49. The van der Waals surface area contributed by atoms with Crippen LogP contribution in [0.25, 0.3) is 0 Å². The molecule has 0 spiro atoms. The average molecular weight is 532 g/mol. The molecule has 0 saturated heterocycles. The lowest BCUT2D eigenvalue weighted by atomic mass is 10.1. The fraction of sp³-hybridized carbons (Fsp3) is 0.333. The summed E-state index contributed by atoms with van der Waals surface area (Å²) >= 11 is 12.4. The van der Waals surface area contributed by atoms with Gasteiger partial charge in [0, 0.05) is 24.7 Å². The fourth-order valence-corrected chi connectivity index (χ4v) is 5.58. The summed E-state index contributed by atoms with van der Waals surface area (Å²) in [6, 6.07) is 18.8. The van der Waals surface area contributed by atoms with E-state index >= 15 is 0 Å². The highest BCUT2D eigenvalue weighted by Crippen LogP contribution is 2.35. The van der Waals surface area contributed by atoms with E-state index in [2.05, 4.69) is 9.62 Å². The molecule has 8 heteroatoms. The molecule has 0 aliphatic heterocycles. The third kappa shape index (κ3) is 6.70. The molecular weight excluding hydrogens is 503 g/mol. The Morgan fingerprint density at radius 3 is 2.17 bits per heavy atom. The molecule has 35 heavy (non-hydrogen) atoms. The number of halogens is 2. The molecule has 3 aromatic rings. The standard InChI is InChI=1S/C27H28Cl2N2O3S/c28-22-9-14-26(21(15-22)18-31(16-19-5-6-19)17-20-7-8-20)30-35(32,33)24-12-10-23(11-13-24)34-27-4-2-1-3-25(27)29/h1-4,9-15,19-20,30H,5-8,16-18H2. The smallest absolute Gasteiger partial charge is 0.261 e. The van der Waals surface area contributed by atoms with Crippen LogP contribution in [0.4, 0.5) is 5.69 Å². The zero-order chi connectivity index (χ0) is 24.4. The average Bonchev–Trinajstić information content (AvgIpc) is 3.75. The second-order valence-corrected chi connectivity index (χ2v) is 12.0. The quantitative estimate of drug-likeness (QED) is 0.284. The van der Waals surface area contributed by atoms with Crippen molar-refractivity contribution in [2.75, 3.05) is 17.8 Å². The summed E-state index contributed by atoms with van der Waals surface area (Å²) < 4.78 is 35.0. The largest absolute Gasteiger partial charge is 0.456 e. The van der Waals surface area contributed by atoms with Crippen LogP contribution in [0.2, 0.25) is 10.0 Å². The lowest BCUT2D eigenvalue weighted by Gasteiger charge is -2.24. The number of rotatable bonds is 11. The van der Waals surface area contributed by atoms with Gasteiger partial charge in [-0.05, 0) is 97.7 Å². The highest BCUT2D eigenvalue weighted by molar-refractivity contribution is 7.92. The first-order valence-corrected chi connectivity index (χ1v) is 14.2. The van der Waals surface area contributed by atoms with Crippen molar-refractivity contribution in [1.82, 2.24) is 4.90 Å². The molecular formula is C27H28Cl2N2O3S. The normalized spacial score (nSPS) is 15.9. The first kappa shape index (κ1) is 24.4. The van der Waals surface area contributed by atoms with E-state index in [1.165, 1.54) is 37.8 Å². The maximum Gasteiger partial charge on any atom is 0.261 e. The van der Waals surface area contributed by atoms with Crippen LogP contribution in [0, 0.1) is 11.8 Å². The van der Waals surface area contributed by atoms with Gasteiger partial charge in [-0.25, -0.2) is 8.42 Å². The molecule has 2 saturated carbocycles. The number of hydrogen-bond acceptors (Lipinski definition) is 4. The summed E-state index contributed by atoms with van der Waals surface area (Å²) in [5.41, 5.74) is 1.45. The summed E-state index contributed by atoms with van der Waals surface area (Å²) in [6.07, 6.45) is 5.14. The number of anilines is 1. The summed E-state index contributed by atoms with van der Waals surface area (Å²) in [4.78, 5) is 2.61. The maximum atomic E-state index is 13.2. The number of sulfonamides is 1. The van der Waals surface area contributed by atoms with E-state index in [-0.39, 0.29) is 4.90 Å². The monoisotopic (exact) mass is 530 g/mol. The summed E-state index contributed by atoms with van der Waals surface area (Å²) in [6.45, 7) is 2.79. The Morgan fingerprint density at radius 2 is 1.54 bits per heavy atom. The molecule has 0 bridgehead atoms. The molecule has 5 nitrogen and oxygen atoms in total. The molecule has 0 amide bonds. The molecule has 184 valence electrons. The third-order valence-electron chi connectivity index (χ3n) is 6.33. The lowest BCUT2D eigenvalue weighted by Crippen LogP contribution is -2.28. The molecule has 0 radical (unpaired) electrons. The zero-order valence-corrected chi connectivity index (χ0v) is 21.6. The van der Waals surface area contributed by atoms with Crippen molar-refractivity contribution in [3.63, 3.8) is 0 Å². The summed E-state index contributed by atoms with van der Waals surface area (Å²) in [5, 5.41) is 1.08. The third-order valence-corrected chi connectivity index (χ3v) is 8.26. The minimum absolute atomic E-state index is 0.151. The molecule has 2 aliphatic rings. The molecule has 2 aliphatic carbocycles. The van der Waals surface area contributed by atoms with Gasteiger partial charge in [0.25, 0.3) is 10.0 Å².